The zero-order valence-corrected chi connectivity index (χ0v) is 13.4. The fraction of sp³-hybridized carbons (Fsp3) is 0.429. The van der Waals surface area contributed by atoms with E-state index in [1.54, 1.807) is 30.8 Å². The van der Waals surface area contributed by atoms with Gasteiger partial charge < -0.3 is 9.73 Å². The zero-order valence-electron chi connectivity index (χ0n) is 12.6. The van der Waals surface area contributed by atoms with Gasteiger partial charge in [0.1, 0.15) is 5.76 Å². The maximum atomic E-state index is 12.5. The van der Waals surface area contributed by atoms with Crippen LogP contribution in [0.4, 0.5) is 5.95 Å². The van der Waals surface area contributed by atoms with Crippen molar-refractivity contribution in [3.63, 3.8) is 0 Å². The Bertz CT molecular complexity index is 705. The van der Waals surface area contributed by atoms with Crippen LogP contribution in [0.25, 0.3) is 0 Å². The maximum absolute atomic E-state index is 12.5. The Morgan fingerprint density at radius 1 is 1.26 bits per heavy atom. The van der Waals surface area contributed by atoms with Crippen molar-refractivity contribution in [3.05, 3.63) is 42.6 Å². The van der Waals surface area contributed by atoms with Crippen molar-refractivity contribution in [2.75, 3.05) is 25.0 Å². The van der Waals surface area contributed by atoms with Crippen molar-refractivity contribution in [2.45, 2.75) is 18.9 Å². The van der Waals surface area contributed by atoms with Crippen molar-refractivity contribution >= 4 is 16.2 Å². The molecule has 124 valence electrons. The minimum Gasteiger partial charge on any atom is -0.468 e. The molecule has 0 aliphatic carbocycles. The van der Waals surface area contributed by atoms with Gasteiger partial charge in [0.2, 0.25) is 5.95 Å². The fourth-order valence-corrected chi connectivity index (χ4v) is 4.06. The van der Waals surface area contributed by atoms with E-state index >= 15 is 0 Å². The Kier molecular flexibility index (Phi) is 4.89. The highest BCUT2D eigenvalue weighted by Gasteiger charge is 2.36. The normalized spacial score (nSPS) is 19.0. The Morgan fingerprint density at radius 2 is 2.09 bits per heavy atom. The summed E-state index contributed by atoms with van der Waals surface area (Å²) in [5.41, 5.74) is 0. The van der Waals surface area contributed by atoms with Gasteiger partial charge in [-0.15, -0.1) is 0 Å². The number of furan rings is 1. The van der Waals surface area contributed by atoms with Gasteiger partial charge in [0, 0.05) is 32.0 Å². The van der Waals surface area contributed by atoms with Crippen LogP contribution >= 0.6 is 0 Å². The molecule has 1 atom stereocenters. The summed E-state index contributed by atoms with van der Waals surface area (Å²) in [6, 6.07) is 5.08. The van der Waals surface area contributed by atoms with Crippen molar-refractivity contribution in [3.8, 4) is 0 Å². The molecule has 0 spiro atoms. The number of nitrogens with one attached hydrogen (secondary N) is 2. The molecule has 0 bridgehead atoms. The van der Waals surface area contributed by atoms with Crippen LogP contribution in [0.5, 0.6) is 0 Å². The van der Waals surface area contributed by atoms with E-state index in [0.29, 0.717) is 24.8 Å². The van der Waals surface area contributed by atoms with E-state index < -0.39 is 10.2 Å². The minimum absolute atomic E-state index is 0.229. The molecule has 0 radical (unpaired) electrons. The van der Waals surface area contributed by atoms with Gasteiger partial charge in [0.25, 0.3) is 10.2 Å². The lowest BCUT2D eigenvalue weighted by Gasteiger charge is -2.22. The summed E-state index contributed by atoms with van der Waals surface area (Å²) in [4.78, 5) is 8.03. The molecule has 2 aromatic rings. The first-order valence-electron chi connectivity index (χ1n) is 7.47. The van der Waals surface area contributed by atoms with Gasteiger partial charge in [0.15, 0.2) is 0 Å². The van der Waals surface area contributed by atoms with Crippen molar-refractivity contribution in [1.29, 1.82) is 0 Å². The monoisotopic (exact) mass is 337 g/mol. The largest absolute Gasteiger partial charge is 0.468 e. The highest BCUT2D eigenvalue weighted by atomic mass is 32.2. The van der Waals surface area contributed by atoms with Gasteiger partial charge in [0.05, 0.1) is 12.3 Å². The molecule has 1 aliphatic rings. The van der Waals surface area contributed by atoms with E-state index in [1.165, 1.54) is 4.31 Å². The number of hydrogen-bond donors (Lipinski definition) is 2. The quantitative estimate of drug-likeness (QED) is 0.735. The number of aromatic nitrogens is 2. The highest BCUT2D eigenvalue weighted by molar-refractivity contribution is 7.87. The molecule has 0 unspecified atom stereocenters. The van der Waals surface area contributed by atoms with Gasteiger partial charge in [-0.1, -0.05) is 0 Å². The van der Waals surface area contributed by atoms with Crippen molar-refractivity contribution in [2.24, 2.45) is 0 Å². The average Bonchev–Trinajstić information content (AvgIpc) is 3.23. The summed E-state index contributed by atoms with van der Waals surface area (Å²) in [6.07, 6.45) is 6.40. The maximum Gasteiger partial charge on any atom is 0.280 e. The van der Waals surface area contributed by atoms with Crippen LogP contribution in [0.3, 0.4) is 0 Å². The Balaban J connectivity index is 1.54. The van der Waals surface area contributed by atoms with E-state index in [9.17, 15) is 8.42 Å². The second-order valence-electron chi connectivity index (χ2n) is 5.18. The van der Waals surface area contributed by atoms with E-state index in [1.807, 2.05) is 6.07 Å². The average molecular weight is 337 g/mol. The van der Waals surface area contributed by atoms with E-state index in [0.717, 1.165) is 12.8 Å². The van der Waals surface area contributed by atoms with Crippen molar-refractivity contribution < 1.29 is 12.8 Å². The van der Waals surface area contributed by atoms with E-state index in [-0.39, 0.29) is 12.6 Å². The molecule has 3 rings (SSSR count). The molecular formula is C14H19N5O3S. The van der Waals surface area contributed by atoms with Crippen LogP contribution in [0.15, 0.2) is 41.3 Å². The van der Waals surface area contributed by atoms with Gasteiger partial charge >= 0.3 is 0 Å². The molecule has 1 aliphatic heterocycles. The summed E-state index contributed by atoms with van der Waals surface area (Å²) >= 11 is 0. The predicted molar refractivity (Wildman–Crippen MR) is 84.8 cm³/mol. The van der Waals surface area contributed by atoms with Crippen LogP contribution in [0.1, 0.15) is 24.6 Å². The molecule has 8 nitrogen and oxygen atoms in total. The Labute approximate surface area is 135 Å². The topological polar surface area (TPSA) is 100 Å². The van der Waals surface area contributed by atoms with Gasteiger partial charge in [-0.05, 0) is 31.0 Å². The van der Waals surface area contributed by atoms with Crippen LogP contribution < -0.4 is 10.0 Å². The second-order valence-corrected chi connectivity index (χ2v) is 6.89. The summed E-state index contributed by atoms with van der Waals surface area (Å²) in [7, 11) is -3.55. The molecule has 0 saturated carbocycles. The van der Waals surface area contributed by atoms with Crippen LogP contribution in [0, 0.1) is 0 Å². The smallest absolute Gasteiger partial charge is 0.280 e. The molecular weight excluding hydrogens is 318 g/mol. The second kappa shape index (κ2) is 7.07. The predicted octanol–water partition coefficient (Wildman–Crippen LogP) is 1.15. The molecule has 23 heavy (non-hydrogen) atoms. The summed E-state index contributed by atoms with van der Waals surface area (Å²) in [6.45, 7) is 1.15. The molecule has 0 aromatic carbocycles. The van der Waals surface area contributed by atoms with Gasteiger partial charge in [-0.25, -0.2) is 14.7 Å². The summed E-state index contributed by atoms with van der Waals surface area (Å²) in [5.74, 6) is 1.16. The molecule has 1 fully saturated rings. The third-order valence-corrected chi connectivity index (χ3v) is 5.27. The lowest BCUT2D eigenvalue weighted by molar-refractivity contribution is 0.336. The first-order valence-corrected chi connectivity index (χ1v) is 8.91. The number of anilines is 1. The Morgan fingerprint density at radius 3 is 2.83 bits per heavy atom. The first-order chi connectivity index (χ1) is 11.2. The van der Waals surface area contributed by atoms with E-state index in [2.05, 4.69) is 20.0 Å². The highest BCUT2D eigenvalue weighted by Crippen LogP contribution is 2.33. The van der Waals surface area contributed by atoms with Gasteiger partial charge in [-0.3, -0.25) is 0 Å². The van der Waals surface area contributed by atoms with Crippen LogP contribution in [-0.4, -0.2) is 42.3 Å². The molecule has 1 saturated heterocycles. The molecule has 2 N–H and O–H groups in total. The molecule has 0 amide bonds. The molecule has 3 heterocycles. The Hall–Kier alpha value is -1.97. The minimum atomic E-state index is -3.55. The number of hydrogen-bond acceptors (Lipinski definition) is 6. The SMILES string of the molecule is O=S(=O)(NCCNc1ncccn1)N1CCC[C@H]1c1ccco1. The third-order valence-electron chi connectivity index (χ3n) is 3.64. The van der Waals surface area contributed by atoms with Gasteiger partial charge in [-0.2, -0.15) is 12.7 Å². The standard InChI is InChI=1S/C14H19N5O3S/c20-23(21,18-9-8-17-14-15-6-3-7-16-14)19-10-1-4-12(19)13-5-2-11-22-13/h2-3,5-7,11-12,18H,1,4,8-10H2,(H,15,16,17)/t12-/m0/s1. The zero-order chi connectivity index (χ0) is 16.1. The lowest BCUT2D eigenvalue weighted by Crippen LogP contribution is -2.41. The fourth-order valence-electron chi connectivity index (χ4n) is 2.62. The molecule has 2 aromatic heterocycles. The first kappa shape index (κ1) is 15.9. The van der Waals surface area contributed by atoms with Crippen LogP contribution in [-0.2, 0) is 10.2 Å². The van der Waals surface area contributed by atoms with Crippen molar-refractivity contribution in [1.82, 2.24) is 19.0 Å². The lowest BCUT2D eigenvalue weighted by atomic mass is 10.2. The van der Waals surface area contributed by atoms with E-state index in [4.69, 9.17) is 4.42 Å². The summed E-state index contributed by atoms with van der Waals surface area (Å²) < 4.78 is 34.4. The van der Waals surface area contributed by atoms with Crippen LogP contribution in [0.2, 0.25) is 0 Å². The summed E-state index contributed by atoms with van der Waals surface area (Å²) in [5, 5.41) is 2.96. The number of nitrogens with zero attached hydrogens (tertiary/aromatic N) is 3. The number of rotatable bonds is 7. The third kappa shape index (κ3) is 3.87. The molecule has 9 heteroatoms.